The lowest BCUT2D eigenvalue weighted by Gasteiger charge is -2.31. The first kappa shape index (κ1) is 26.5. The van der Waals surface area contributed by atoms with Crippen LogP contribution >= 0.6 is 15.9 Å². The lowest BCUT2D eigenvalue weighted by molar-refractivity contribution is -0.142. The van der Waals surface area contributed by atoms with Gasteiger partial charge in [0.25, 0.3) is 5.91 Å². The number of nitrogens with one attached hydrogen (secondary N) is 1. The van der Waals surface area contributed by atoms with E-state index in [9.17, 15) is 9.59 Å². The predicted octanol–water partition coefficient (Wildman–Crippen LogP) is 5.47. The van der Waals surface area contributed by atoms with Gasteiger partial charge in [0, 0.05) is 19.5 Å². The van der Waals surface area contributed by atoms with E-state index in [4.69, 9.17) is 4.74 Å². The molecule has 5 nitrogen and oxygen atoms in total. The molecule has 2 amide bonds. The Labute approximate surface area is 216 Å². The molecule has 0 spiro atoms. The van der Waals surface area contributed by atoms with Gasteiger partial charge in [-0.05, 0) is 65.0 Å². The molecule has 184 valence electrons. The van der Waals surface area contributed by atoms with Crippen LogP contribution < -0.4 is 10.1 Å². The fourth-order valence-corrected chi connectivity index (χ4v) is 4.50. The number of carbonyl (C=O) groups excluding carboxylic acids is 2. The molecule has 0 heterocycles. The van der Waals surface area contributed by atoms with Gasteiger partial charge in [0.05, 0.1) is 4.47 Å². The Kier molecular flexibility index (Phi) is 9.91. The van der Waals surface area contributed by atoms with Crippen LogP contribution in [0.4, 0.5) is 0 Å². The van der Waals surface area contributed by atoms with E-state index >= 15 is 0 Å². The van der Waals surface area contributed by atoms with Crippen molar-refractivity contribution in [2.24, 2.45) is 0 Å². The molecule has 0 aliphatic heterocycles. The molecule has 0 saturated heterocycles. The molecule has 0 saturated carbocycles. The number of ether oxygens (including phenoxy) is 1. The van der Waals surface area contributed by atoms with Gasteiger partial charge in [-0.15, -0.1) is 0 Å². The van der Waals surface area contributed by atoms with Crippen molar-refractivity contribution in [3.8, 4) is 5.75 Å². The van der Waals surface area contributed by atoms with E-state index in [1.54, 1.807) is 4.90 Å². The van der Waals surface area contributed by atoms with Crippen molar-refractivity contribution in [1.29, 1.82) is 0 Å². The second kappa shape index (κ2) is 13.1. The number of nitrogens with zero attached hydrogens (tertiary/aromatic N) is 1. The van der Waals surface area contributed by atoms with Crippen molar-refractivity contribution in [2.45, 2.75) is 46.2 Å². The molecule has 0 fully saturated rings. The summed E-state index contributed by atoms with van der Waals surface area (Å²) >= 11 is 3.54. The average Bonchev–Trinajstić information content (AvgIpc) is 2.86. The monoisotopic (exact) mass is 536 g/mol. The van der Waals surface area contributed by atoms with Crippen LogP contribution in [-0.2, 0) is 29.0 Å². The highest BCUT2D eigenvalue weighted by atomic mass is 79.9. The fourth-order valence-electron chi connectivity index (χ4n) is 3.96. The zero-order valence-electron chi connectivity index (χ0n) is 20.6. The Hall–Kier alpha value is -3.12. The van der Waals surface area contributed by atoms with Crippen LogP contribution in [0.25, 0.3) is 0 Å². The van der Waals surface area contributed by atoms with Gasteiger partial charge in [-0.3, -0.25) is 9.59 Å². The van der Waals surface area contributed by atoms with Crippen molar-refractivity contribution in [1.82, 2.24) is 10.2 Å². The zero-order chi connectivity index (χ0) is 25.2. The molecular weight excluding hydrogens is 504 g/mol. The number of hydrogen-bond donors (Lipinski definition) is 1. The summed E-state index contributed by atoms with van der Waals surface area (Å²) < 4.78 is 6.72. The molecule has 0 aliphatic carbocycles. The van der Waals surface area contributed by atoms with Gasteiger partial charge in [0.15, 0.2) is 6.61 Å². The first-order valence-corrected chi connectivity index (χ1v) is 12.8. The molecule has 0 aliphatic rings. The highest BCUT2D eigenvalue weighted by Gasteiger charge is 2.30. The summed E-state index contributed by atoms with van der Waals surface area (Å²) in [5, 5.41) is 2.91. The van der Waals surface area contributed by atoms with Crippen LogP contribution in [0.5, 0.6) is 5.75 Å². The van der Waals surface area contributed by atoms with Crippen LogP contribution in [0.2, 0.25) is 0 Å². The molecule has 6 heteroatoms. The largest absolute Gasteiger partial charge is 0.483 e. The lowest BCUT2D eigenvalue weighted by atomic mass is 10.0. The smallest absolute Gasteiger partial charge is 0.261 e. The quantitative estimate of drug-likeness (QED) is 0.353. The Morgan fingerprint density at radius 1 is 0.943 bits per heavy atom. The third kappa shape index (κ3) is 7.69. The summed E-state index contributed by atoms with van der Waals surface area (Å²) in [5.41, 5.74) is 4.23. The molecule has 0 aromatic heterocycles. The van der Waals surface area contributed by atoms with Gasteiger partial charge in [-0.1, -0.05) is 73.2 Å². The standard InChI is InChI=1S/C29H33BrN2O3/c1-4-22-14-15-27(25(30)17-22)35-20-28(33)32(19-24-13-9-10-21(3)16-24)26(29(34)31-5-2)18-23-11-7-6-8-12-23/h6-17,26H,4-5,18-20H2,1-3H3,(H,31,34). The van der Waals surface area contributed by atoms with Gasteiger partial charge >= 0.3 is 0 Å². The number of hydrogen-bond acceptors (Lipinski definition) is 3. The van der Waals surface area contributed by atoms with Gasteiger partial charge < -0.3 is 15.0 Å². The first-order valence-electron chi connectivity index (χ1n) is 12.0. The van der Waals surface area contributed by atoms with Gasteiger partial charge in [0.1, 0.15) is 11.8 Å². The molecule has 0 radical (unpaired) electrons. The fraction of sp³-hybridized carbons (Fsp3) is 0.310. The normalized spacial score (nSPS) is 11.5. The molecule has 35 heavy (non-hydrogen) atoms. The molecule has 0 bridgehead atoms. The van der Waals surface area contributed by atoms with Crippen LogP contribution in [0.15, 0.2) is 77.3 Å². The van der Waals surface area contributed by atoms with Gasteiger partial charge in [-0.2, -0.15) is 0 Å². The molecular formula is C29H33BrN2O3. The van der Waals surface area contributed by atoms with Crippen molar-refractivity contribution in [3.05, 3.63) is 99.5 Å². The van der Waals surface area contributed by atoms with Crippen molar-refractivity contribution in [2.75, 3.05) is 13.2 Å². The summed E-state index contributed by atoms with van der Waals surface area (Å²) in [4.78, 5) is 28.4. The topological polar surface area (TPSA) is 58.6 Å². The van der Waals surface area contributed by atoms with E-state index in [-0.39, 0.29) is 18.4 Å². The van der Waals surface area contributed by atoms with Gasteiger partial charge in [-0.25, -0.2) is 0 Å². The highest BCUT2D eigenvalue weighted by Crippen LogP contribution is 2.26. The van der Waals surface area contributed by atoms with E-state index in [1.165, 1.54) is 5.56 Å². The number of aryl methyl sites for hydroxylation is 2. The van der Waals surface area contributed by atoms with Crippen LogP contribution in [0, 0.1) is 6.92 Å². The minimum atomic E-state index is -0.667. The molecule has 3 rings (SSSR count). The molecule has 3 aromatic carbocycles. The third-order valence-corrected chi connectivity index (χ3v) is 6.43. The van der Waals surface area contributed by atoms with Crippen LogP contribution in [0.1, 0.15) is 36.1 Å². The summed E-state index contributed by atoms with van der Waals surface area (Å²) in [6.45, 7) is 6.62. The maximum absolute atomic E-state index is 13.6. The summed E-state index contributed by atoms with van der Waals surface area (Å²) in [5.74, 6) is 0.180. The van der Waals surface area contributed by atoms with Crippen molar-refractivity contribution in [3.63, 3.8) is 0 Å². The maximum Gasteiger partial charge on any atom is 0.261 e. The highest BCUT2D eigenvalue weighted by molar-refractivity contribution is 9.10. The SMILES string of the molecule is CCNC(=O)C(Cc1ccccc1)N(Cc1cccc(C)c1)C(=O)COc1ccc(CC)cc1Br. The predicted molar refractivity (Wildman–Crippen MR) is 143 cm³/mol. The minimum absolute atomic E-state index is 0.166. The van der Waals surface area contributed by atoms with E-state index in [0.717, 1.165) is 27.6 Å². The van der Waals surface area contributed by atoms with Crippen LogP contribution in [0.3, 0.4) is 0 Å². The number of amides is 2. The second-order valence-electron chi connectivity index (χ2n) is 8.52. The van der Waals surface area contributed by atoms with E-state index < -0.39 is 6.04 Å². The Balaban J connectivity index is 1.89. The average molecular weight is 537 g/mol. The zero-order valence-corrected chi connectivity index (χ0v) is 22.2. The lowest BCUT2D eigenvalue weighted by Crippen LogP contribution is -2.51. The Morgan fingerprint density at radius 3 is 2.34 bits per heavy atom. The molecule has 1 atom stereocenters. The van der Waals surface area contributed by atoms with Gasteiger partial charge in [0.2, 0.25) is 5.91 Å². The van der Waals surface area contributed by atoms with Crippen LogP contribution in [-0.4, -0.2) is 35.9 Å². The molecule has 1 unspecified atom stereocenters. The maximum atomic E-state index is 13.6. The number of likely N-dealkylation sites (N-methyl/N-ethyl adjacent to an activating group) is 1. The second-order valence-corrected chi connectivity index (χ2v) is 9.37. The number of benzene rings is 3. The Bertz CT molecular complexity index is 1130. The Morgan fingerprint density at radius 2 is 1.69 bits per heavy atom. The van der Waals surface area contributed by atoms with Crippen molar-refractivity contribution < 1.29 is 14.3 Å². The van der Waals surface area contributed by atoms with E-state index in [1.807, 2.05) is 86.6 Å². The first-order chi connectivity index (χ1) is 16.9. The molecule has 1 N–H and O–H groups in total. The number of carbonyl (C=O) groups is 2. The van der Waals surface area contributed by atoms with E-state index in [0.29, 0.717) is 25.3 Å². The van der Waals surface area contributed by atoms with E-state index in [2.05, 4.69) is 28.2 Å². The summed E-state index contributed by atoms with van der Waals surface area (Å²) in [6, 6.07) is 23.0. The summed E-state index contributed by atoms with van der Waals surface area (Å²) in [7, 11) is 0. The summed E-state index contributed by atoms with van der Waals surface area (Å²) in [6.07, 6.45) is 1.33. The number of rotatable bonds is 11. The minimum Gasteiger partial charge on any atom is -0.483 e. The van der Waals surface area contributed by atoms with Crippen molar-refractivity contribution >= 4 is 27.7 Å². The molecule has 3 aromatic rings. The third-order valence-electron chi connectivity index (χ3n) is 5.81. The number of halogens is 1.